The second kappa shape index (κ2) is 36.1. The predicted molar refractivity (Wildman–Crippen MR) is 100 cm³/mol. The van der Waals surface area contributed by atoms with Gasteiger partial charge in [0.2, 0.25) is 0 Å². The van der Waals surface area contributed by atoms with Gasteiger partial charge in [-0.05, 0) is 60.8 Å². The maximum atomic E-state index is 2.18. The molecule has 0 spiro atoms. The third-order valence-corrected chi connectivity index (χ3v) is 2.02. The highest BCUT2D eigenvalue weighted by molar-refractivity contribution is 4.88. The standard InChI is InChI=1S/C6H12.2C5H10.C4H8/c1-3-5-6-4-2;1-4-5(2)3;1-3-5-4-2;1-3-4-2/h5-6H,3-4H2,1-2H3;4H,1-3H3;3,5H,4H2,1-2H3;3-4H,1-2H3/b6-5+;;5-3+;4-3+. The summed E-state index contributed by atoms with van der Waals surface area (Å²) in [6.07, 6.45) is 18.1. The zero-order chi connectivity index (χ0) is 16.6. The van der Waals surface area contributed by atoms with Gasteiger partial charge in [-0.2, -0.15) is 0 Å². The van der Waals surface area contributed by atoms with Crippen molar-refractivity contribution in [3.8, 4) is 0 Å². The van der Waals surface area contributed by atoms with E-state index in [9.17, 15) is 0 Å². The van der Waals surface area contributed by atoms with Crippen molar-refractivity contribution in [1.29, 1.82) is 0 Å². The monoisotopic (exact) mass is 280 g/mol. The Labute approximate surface area is 130 Å². The quantitative estimate of drug-likeness (QED) is 0.461. The van der Waals surface area contributed by atoms with Gasteiger partial charge >= 0.3 is 0 Å². The molecule has 0 aliphatic carbocycles. The minimum atomic E-state index is 1.16. The molecule has 0 saturated carbocycles. The van der Waals surface area contributed by atoms with Crippen LogP contribution in [0.5, 0.6) is 0 Å². The Bertz CT molecular complexity index is 212. The molecule has 0 bridgehead atoms. The van der Waals surface area contributed by atoms with Gasteiger partial charge in [0.1, 0.15) is 0 Å². The lowest BCUT2D eigenvalue weighted by Crippen LogP contribution is -1.52. The zero-order valence-corrected chi connectivity index (χ0v) is 15.7. The fourth-order valence-electron chi connectivity index (χ4n) is 0.569. The van der Waals surface area contributed by atoms with Crippen molar-refractivity contribution in [2.24, 2.45) is 0 Å². The maximum Gasteiger partial charge on any atom is -0.0379 e. The van der Waals surface area contributed by atoms with Gasteiger partial charge in [0.05, 0.1) is 0 Å². The van der Waals surface area contributed by atoms with Gasteiger partial charge in [-0.3, -0.25) is 0 Å². The van der Waals surface area contributed by atoms with E-state index in [1.807, 2.05) is 39.8 Å². The largest absolute Gasteiger partial charge is 0.0919 e. The normalized spacial score (nSPS) is 9.25. The molecule has 0 unspecified atom stereocenters. The van der Waals surface area contributed by atoms with E-state index in [1.54, 1.807) is 0 Å². The molecule has 0 radical (unpaired) electrons. The molecule has 0 N–H and O–H groups in total. The first kappa shape index (κ1) is 27.3. The van der Waals surface area contributed by atoms with Gasteiger partial charge in [-0.15, -0.1) is 0 Å². The molecule has 0 heteroatoms. The molecule has 0 aromatic rings. The second-order valence-corrected chi connectivity index (χ2v) is 4.30. The summed E-state index contributed by atoms with van der Waals surface area (Å²) in [5.74, 6) is 0. The second-order valence-electron chi connectivity index (χ2n) is 4.30. The Morgan fingerprint density at radius 3 is 0.950 bits per heavy atom. The molecular weight excluding hydrogens is 240 g/mol. The van der Waals surface area contributed by atoms with E-state index in [2.05, 4.69) is 65.0 Å². The summed E-state index contributed by atoms with van der Waals surface area (Å²) >= 11 is 0. The van der Waals surface area contributed by atoms with Crippen molar-refractivity contribution in [2.75, 3.05) is 0 Å². The first-order valence-electron chi connectivity index (χ1n) is 7.94. The smallest absolute Gasteiger partial charge is 0.0379 e. The molecule has 0 saturated heterocycles. The average molecular weight is 281 g/mol. The van der Waals surface area contributed by atoms with Crippen LogP contribution in [0.2, 0.25) is 0 Å². The van der Waals surface area contributed by atoms with Gasteiger partial charge in [-0.25, -0.2) is 0 Å². The van der Waals surface area contributed by atoms with Crippen LogP contribution in [0.25, 0.3) is 0 Å². The van der Waals surface area contributed by atoms with Crippen LogP contribution in [0.3, 0.4) is 0 Å². The van der Waals surface area contributed by atoms with E-state index in [0.29, 0.717) is 0 Å². The van der Waals surface area contributed by atoms with Gasteiger partial charge in [0, 0.05) is 0 Å². The Balaban J connectivity index is -0.0000000862. The molecule has 120 valence electrons. The average Bonchev–Trinajstić information content (AvgIpc) is 2.47. The van der Waals surface area contributed by atoms with E-state index in [1.165, 1.54) is 18.4 Å². The molecule has 0 aliphatic rings. The maximum absolute atomic E-state index is 2.18. The summed E-state index contributed by atoms with van der Waals surface area (Å²) in [5.41, 5.74) is 1.38. The molecule has 0 atom stereocenters. The first-order valence-corrected chi connectivity index (χ1v) is 7.94. The van der Waals surface area contributed by atoms with Crippen LogP contribution in [0.4, 0.5) is 0 Å². The fraction of sp³-hybridized carbons (Fsp3) is 0.600. The zero-order valence-electron chi connectivity index (χ0n) is 15.7. The van der Waals surface area contributed by atoms with Crippen LogP contribution in [0.1, 0.15) is 81.6 Å². The molecule has 0 amide bonds. The highest BCUT2D eigenvalue weighted by Crippen LogP contribution is 1.82. The number of hydrogen-bond donors (Lipinski definition) is 0. The lowest BCUT2D eigenvalue weighted by Gasteiger charge is -1.74. The predicted octanol–water partition coefficient (Wildman–Crippen LogP) is 7.89. The van der Waals surface area contributed by atoms with Crippen molar-refractivity contribution >= 4 is 0 Å². The number of hydrogen-bond acceptors (Lipinski definition) is 0. The summed E-state index contributed by atoms with van der Waals surface area (Å²) < 4.78 is 0. The summed E-state index contributed by atoms with van der Waals surface area (Å²) in [6, 6.07) is 0. The summed E-state index contributed by atoms with van der Waals surface area (Å²) in [4.78, 5) is 0. The van der Waals surface area contributed by atoms with Crippen LogP contribution in [0, 0.1) is 0 Å². The highest BCUT2D eigenvalue weighted by atomic mass is 13.7. The molecule has 0 aromatic heterocycles. The Kier molecular flexibility index (Phi) is 49.3. The van der Waals surface area contributed by atoms with Crippen LogP contribution < -0.4 is 0 Å². The van der Waals surface area contributed by atoms with Crippen LogP contribution in [-0.2, 0) is 0 Å². The van der Waals surface area contributed by atoms with Crippen molar-refractivity contribution in [3.63, 3.8) is 0 Å². The van der Waals surface area contributed by atoms with E-state index in [0.717, 1.165) is 6.42 Å². The molecule has 20 heavy (non-hydrogen) atoms. The third-order valence-electron chi connectivity index (χ3n) is 2.02. The third kappa shape index (κ3) is 89.2. The topological polar surface area (TPSA) is 0 Å². The Hall–Kier alpha value is -1.04. The van der Waals surface area contributed by atoms with Gasteiger partial charge in [0.15, 0.2) is 0 Å². The molecule has 0 heterocycles. The van der Waals surface area contributed by atoms with Crippen molar-refractivity contribution in [1.82, 2.24) is 0 Å². The SMILES string of the molecule is C/C=C/C.C/C=C/CC.CC/C=C/CC.CC=C(C)C. The minimum Gasteiger partial charge on any atom is -0.0919 e. The highest BCUT2D eigenvalue weighted by Gasteiger charge is 1.60. The van der Waals surface area contributed by atoms with Gasteiger partial charge in [-0.1, -0.05) is 68.9 Å². The minimum absolute atomic E-state index is 1.16. The summed E-state index contributed by atoms with van der Waals surface area (Å²) in [5, 5.41) is 0. The number of rotatable bonds is 3. The van der Waals surface area contributed by atoms with Crippen molar-refractivity contribution in [2.45, 2.75) is 81.6 Å². The van der Waals surface area contributed by atoms with Crippen LogP contribution >= 0.6 is 0 Å². The Morgan fingerprint density at radius 2 is 0.900 bits per heavy atom. The molecule has 0 fully saturated rings. The molecule has 0 rings (SSSR count). The molecule has 0 aliphatic heterocycles. The summed E-state index contributed by atoms with van der Waals surface area (Å²) in [6.45, 7) is 18.6. The van der Waals surface area contributed by atoms with E-state index in [4.69, 9.17) is 0 Å². The van der Waals surface area contributed by atoms with E-state index in [-0.39, 0.29) is 0 Å². The Morgan fingerprint density at radius 1 is 0.600 bits per heavy atom. The number of allylic oxidation sites excluding steroid dienone is 8. The van der Waals surface area contributed by atoms with Crippen molar-refractivity contribution < 1.29 is 0 Å². The van der Waals surface area contributed by atoms with Gasteiger partial charge < -0.3 is 0 Å². The molecule has 0 aromatic carbocycles. The van der Waals surface area contributed by atoms with Crippen molar-refractivity contribution in [3.05, 3.63) is 48.1 Å². The van der Waals surface area contributed by atoms with Gasteiger partial charge in [0.25, 0.3) is 0 Å². The first-order chi connectivity index (χ1) is 9.51. The van der Waals surface area contributed by atoms with E-state index >= 15 is 0 Å². The van der Waals surface area contributed by atoms with Crippen LogP contribution in [-0.4, -0.2) is 0 Å². The fourth-order valence-corrected chi connectivity index (χ4v) is 0.569. The van der Waals surface area contributed by atoms with Crippen LogP contribution in [0.15, 0.2) is 48.1 Å². The summed E-state index contributed by atoms with van der Waals surface area (Å²) in [7, 11) is 0. The lowest BCUT2D eigenvalue weighted by atomic mass is 10.3. The lowest BCUT2D eigenvalue weighted by molar-refractivity contribution is 1.16. The van der Waals surface area contributed by atoms with E-state index < -0.39 is 0 Å². The molecular formula is C20H40. The molecule has 0 nitrogen and oxygen atoms in total.